The number of benzene rings is 2. The molecule has 2 N–H and O–H groups in total. The van der Waals surface area contributed by atoms with Crippen molar-refractivity contribution in [2.24, 2.45) is 0 Å². The van der Waals surface area contributed by atoms with E-state index >= 15 is 0 Å². The molecule has 168 valence electrons. The lowest BCUT2D eigenvalue weighted by Gasteiger charge is -2.03. The molecule has 0 atom stereocenters. The number of nitrogens with zero attached hydrogens (tertiary/aromatic N) is 2. The Morgan fingerprint density at radius 1 is 0.697 bits per heavy atom. The highest BCUT2D eigenvalue weighted by molar-refractivity contribution is 9.10. The van der Waals surface area contributed by atoms with Gasteiger partial charge in [-0.15, -0.1) is 22.7 Å². The number of halogens is 2. The molecule has 0 bridgehead atoms. The van der Waals surface area contributed by atoms with Gasteiger partial charge in [0.15, 0.2) is 10.3 Å². The molecule has 0 aliphatic rings. The van der Waals surface area contributed by atoms with E-state index in [1.54, 1.807) is 0 Å². The highest BCUT2D eigenvalue weighted by atomic mass is 79.9. The first kappa shape index (κ1) is 23.7. The molecule has 0 spiro atoms. The number of aromatic nitrogens is 2. The Hall–Kier alpha value is -2.40. The van der Waals surface area contributed by atoms with Gasteiger partial charge in [0.1, 0.15) is 0 Å². The molecule has 2 aromatic carbocycles. The van der Waals surface area contributed by atoms with E-state index < -0.39 is 0 Å². The molecular formula is C23H18Br2N4O2S2. The lowest BCUT2D eigenvalue weighted by molar-refractivity contribution is -0.117. The molecule has 4 aromatic rings. The van der Waals surface area contributed by atoms with E-state index in [1.165, 1.54) is 22.7 Å². The lowest BCUT2D eigenvalue weighted by Crippen LogP contribution is -2.14. The van der Waals surface area contributed by atoms with E-state index in [0.717, 1.165) is 31.5 Å². The van der Waals surface area contributed by atoms with Gasteiger partial charge in [-0.25, -0.2) is 9.97 Å². The summed E-state index contributed by atoms with van der Waals surface area (Å²) in [6.07, 6.45) is 0.915. The number of thiazole rings is 2. The average molecular weight is 606 g/mol. The number of rotatable bonds is 8. The molecule has 2 amide bonds. The Balaban J connectivity index is 1.21. The predicted molar refractivity (Wildman–Crippen MR) is 142 cm³/mol. The van der Waals surface area contributed by atoms with E-state index in [4.69, 9.17) is 0 Å². The third kappa shape index (κ3) is 6.80. The molecule has 0 saturated carbocycles. The van der Waals surface area contributed by atoms with Crippen molar-refractivity contribution in [2.75, 3.05) is 10.6 Å². The third-order valence-electron chi connectivity index (χ3n) is 4.59. The minimum atomic E-state index is -0.161. The van der Waals surface area contributed by atoms with E-state index in [2.05, 4.69) is 52.5 Å². The first-order chi connectivity index (χ1) is 16.0. The minimum Gasteiger partial charge on any atom is -0.302 e. The maximum absolute atomic E-state index is 12.2. The molecule has 2 aromatic heterocycles. The molecule has 0 aliphatic heterocycles. The van der Waals surface area contributed by atoms with Crippen molar-refractivity contribution in [2.45, 2.75) is 19.3 Å². The maximum atomic E-state index is 12.2. The highest BCUT2D eigenvalue weighted by Gasteiger charge is 2.11. The van der Waals surface area contributed by atoms with Crippen LogP contribution in [0, 0.1) is 0 Å². The zero-order valence-corrected chi connectivity index (χ0v) is 22.0. The van der Waals surface area contributed by atoms with Gasteiger partial charge in [-0.05, 0) is 30.7 Å². The number of amides is 2. The van der Waals surface area contributed by atoms with Crippen molar-refractivity contribution in [3.8, 4) is 22.5 Å². The molecule has 10 heteroatoms. The summed E-state index contributed by atoms with van der Waals surface area (Å²) in [6.45, 7) is 0. The second-order valence-electron chi connectivity index (χ2n) is 7.04. The van der Waals surface area contributed by atoms with Gasteiger partial charge in [-0.3, -0.25) is 9.59 Å². The van der Waals surface area contributed by atoms with E-state index in [9.17, 15) is 9.59 Å². The van der Waals surface area contributed by atoms with Crippen molar-refractivity contribution in [1.82, 2.24) is 9.97 Å². The van der Waals surface area contributed by atoms with Crippen molar-refractivity contribution in [3.63, 3.8) is 0 Å². The first-order valence-electron chi connectivity index (χ1n) is 9.99. The van der Waals surface area contributed by atoms with Crippen LogP contribution in [0.3, 0.4) is 0 Å². The van der Waals surface area contributed by atoms with Gasteiger partial charge < -0.3 is 10.6 Å². The van der Waals surface area contributed by atoms with Crippen LogP contribution in [0.1, 0.15) is 19.3 Å². The smallest absolute Gasteiger partial charge is 0.226 e. The highest BCUT2D eigenvalue weighted by Crippen LogP contribution is 2.27. The molecular weight excluding hydrogens is 588 g/mol. The van der Waals surface area contributed by atoms with Gasteiger partial charge in [0.2, 0.25) is 11.8 Å². The lowest BCUT2D eigenvalue weighted by atomic mass is 10.2. The van der Waals surface area contributed by atoms with Crippen molar-refractivity contribution in [3.05, 3.63) is 68.2 Å². The Morgan fingerprint density at radius 2 is 1.09 bits per heavy atom. The van der Waals surface area contributed by atoms with Crippen LogP contribution < -0.4 is 10.6 Å². The SMILES string of the molecule is O=C(CCCC(=O)Nc1nc(-c2ccc(Br)cc2)cs1)Nc1nc(-c2ccc(Br)cc2)cs1. The standard InChI is InChI=1S/C23H18Br2N4O2S2/c24-16-8-4-14(5-9-16)18-12-32-22(26-18)28-20(30)2-1-3-21(31)29-23-27-19(13-33-23)15-6-10-17(25)11-7-15/h4-13H,1-3H2,(H,26,28,30)(H,27,29,31). The average Bonchev–Trinajstić information content (AvgIpc) is 3.45. The van der Waals surface area contributed by atoms with Crippen LogP contribution in [-0.4, -0.2) is 21.8 Å². The zero-order chi connectivity index (χ0) is 23.2. The zero-order valence-electron chi connectivity index (χ0n) is 17.2. The number of hydrogen-bond donors (Lipinski definition) is 2. The second-order valence-corrected chi connectivity index (χ2v) is 10.6. The van der Waals surface area contributed by atoms with Gasteiger partial charge in [-0.1, -0.05) is 56.1 Å². The number of nitrogens with one attached hydrogen (secondary N) is 2. The van der Waals surface area contributed by atoms with Gasteiger partial charge in [0.05, 0.1) is 11.4 Å². The van der Waals surface area contributed by atoms with Crippen LogP contribution in [0.2, 0.25) is 0 Å². The summed E-state index contributed by atoms with van der Waals surface area (Å²) in [5, 5.41) is 10.5. The Labute approximate surface area is 215 Å². The van der Waals surface area contributed by atoms with Crippen LogP contribution in [0.25, 0.3) is 22.5 Å². The molecule has 0 saturated heterocycles. The van der Waals surface area contributed by atoms with E-state index in [-0.39, 0.29) is 24.7 Å². The van der Waals surface area contributed by atoms with Crippen molar-refractivity contribution >= 4 is 76.6 Å². The monoisotopic (exact) mass is 604 g/mol. The normalized spacial score (nSPS) is 10.7. The number of hydrogen-bond acceptors (Lipinski definition) is 6. The largest absolute Gasteiger partial charge is 0.302 e. The summed E-state index contributed by atoms with van der Waals surface area (Å²) in [7, 11) is 0. The Morgan fingerprint density at radius 3 is 1.48 bits per heavy atom. The molecule has 0 fully saturated rings. The molecule has 6 nitrogen and oxygen atoms in total. The van der Waals surface area contributed by atoms with Crippen LogP contribution in [-0.2, 0) is 9.59 Å². The summed E-state index contributed by atoms with van der Waals surface area (Å²) in [5.41, 5.74) is 3.59. The quantitative estimate of drug-likeness (QED) is 0.222. The second kappa shape index (κ2) is 11.1. The Kier molecular flexibility index (Phi) is 8.02. The summed E-state index contributed by atoms with van der Waals surface area (Å²) >= 11 is 9.58. The fourth-order valence-corrected chi connectivity index (χ4v) is 4.94. The van der Waals surface area contributed by atoms with Gasteiger partial charge in [-0.2, -0.15) is 0 Å². The molecule has 0 unspecified atom stereocenters. The number of carbonyl (C=O) groups excluding carboxylic acids is 2. The van der Waals surface area contributed by atoms with Crippen molar-refractivity contribution in [1.29, 1.82) is 0 Å². The number of carbonyl (C=O) groups is 2. The van der Waals surface area contributed by atoms with Gasteiger partial charge >= 0.3 is 0 Å². The van der Waals surface area contributed by atoms with Gasteiger partial charge in [0.25, 0.3) is 0 Å². The fourth-order valence-electron chi connectivity index (χ4n) is 2.94. The first-order valence-corrected chi connectivity index (χ1v) is 13.3. The molecule has 33 heavy (non-hydrogen) atoms. The summed E-state index contributed by atoms with van der Waals surface area (Å²) in [5.74, 6) is -0.322. The molecule has 2 heterocycles. The molecule has 0 aliphatic carbocycles. The summed E-state index contributed by atoms with van der Waals surface area (Å²) < 4.78 is 2.00. The van der Waals surface area contributed by atoms with Crippen LogP contribution >= 0.6 is 54.5 Å². The van der Waals surface area contributed by atoms with Crippen LogP contribution in [0.5, 0.6) is 0 Å². The van der Waals surface area contributed by atoms with E-state index in [0.29, 0.717) is 16.7 Å². The molecule has 4 rings (SSSR count). The van der Waals surface area contributed by atoms with Crippen molar-refractivity contribution < 1.29 is 9.59 Å². The summed E-state index contributed by atoms with van der Waals surface area (Å²) in [6, 6.07) is 15.7. The number of anilines is 2. The van der Waals surface area contributed by atoms with Gasteiger partial charge in [0, 0.05) is 43.7 Å². The topological polar surface area (TPSA) is 84.0 Å². The summed E-state index contributed by atoms with van der Waals surface area (Å²) in [4.78, 5) is 33.4. The minimum absolute atomic E-state index is 0.161. The van der Waals surface area contributed by atoms with Crippen LogP contribution in [0.15, 0.2) is 68.2 Å². The Bertz CT molecular complexity index is 1160. The molecule has 0 radical (unpaired) electrons. The maximum Gasteiger partial charge on any atom is 0.226 e. The fraction of sp³-hybridized carbons (Fsp3) is 0.130. The van der Waals surface area contributed by atoms with E-state index in [1.807, 2.05) is 59.3 Å². The predicted octanol–water partition coefficient (Wildman–Crippen LogP) is 7.21. The third-order valence-corrected chi connectivity index (χ3v) is 7.16. The van der Waals surface area contributed by atoms with Crippen LogP contribution in [0.4, 0.5) is 10.3 Å².